The minimum absolute atomic E-state index is 0.00698. The molecular weight excluding hydrogens is 316 g/mol. The number of hydrogen-bond acceptors (Lipinski definition) is 4. The Labute approximate surface area is 136 Å². The molecule has 0 unspecified atom stereocenters. The Bertz CT molecular complexity index is 893. The van der Waals surface area contributed by atoms with Crippen LogP contribution >= 0.6 is 0 Å². The van der Waals surface area contributed by atoms with Gasteiger partial charge in [-0.25, -0.2) is 8.78 Å². The summed E-state index contributed by atoms with van der Waals surface area (Å²) in [5.41, 5.74) is 1.80. The molecule has 0 aliphatic carbocycles. The summed E-state index contributed by atoms with van der Waals surface area (Å²) in [6, 6.07) is 10.5. The average Bonchev–Trinajstić information content (AvgIpc) is 3.04. The molecule has 0 radical (unpaired) electrons. The lowest BCUT2D eigenvalue weighted by Gasteiger charge is -2.03. The molecule has 0 fully saturated rings. The van der Waals surface area contributed by atoms with Crippen LogP contribution in [0.3, 0.4) is 0 Å². The third-order valence-corrected chi connectivity index (χ3v) is 3.42. The SMILES string of the molecule is Cc1ccccc1-c1nnc(CNC(=O)c2ccc(F)c(F)c2)o1. The fourth-order valence-electron chi connectivity index (χ4n) is 2.14. The van der Waals surface area contributed by atoms with E-state index in [9.17, 15) is 13.6 Å². The largest absolute Gasteiger partial charge is 0.419 e. The molecule has 122 valence electrons. The summed E-state index contributed by atoms with van der Waals surface area (Å²) in [4.78, 5) is 11.9. The number of aromatic nitrogens is 2. The van der Waals surface area contributed by atoms with Gasteiger partial charge in [0.15, 0.2) is 11.6 Å². The van der Waals surface area contributed by atoms with E-state index >= 15 is 0 Å². The van der Waals surface area contributed by atoms with E-state index in [4.69, 9.17) is 4.42 Å². The molecular formula is C17H13F2N3O2. The Morgan fingerprint density at radius 1 is 1.12 bits per heavy atom. The summed E-state index contributed by atoms with van der Waals surface area (Å²) in [5, 5.41) is 10.3. The van der Waals surface area contributed by atoms with Crippen molar-refractivity contribution in [1.29, 1.82) is 0 Å². The van der Waals surface area contributed by atoms with Crippen molar-refractivity contribution in [3.63, 3.8) is 0 Å². The first-order valence-electron chi connectivity index (χ1n) is 7.16. The van der Waals surface area contributed by atoms with Crippen LogP contribution in [0.25, 0.3) is 11.5 Å². The van der Waals surface area contributed by atoms with Crippen molar-refractivity contribution in [1.82, 2.24) is 15.5 Å². The van der Waals surface area contributed by atoms with Crippen molar-refractivity contribution in [2.24, 2.45) is 0 Å². The second-order valence-electron chi connectivity index (χ2n) is 5.13. The molecule has 3 rings (SSSR count). The summed E-state index contributed by atoms with van der Waals surface area (Å²) in [6.07, 6.45) is 0. The highest BCUT2D eigenvalue weighted by Crippen LogP contribution is 2.21. The number of carbonyl (C=O) groups is 1. The van der Waals surface area contributed by atoms with Crippen LogP contribution in [0.1, 0.15) is 21.8 Å². The highest BCUT2D eigenvalue weighted by molar-refractivity contribution is 5.94. The first-order valence-corrected chi connectivity index (χ1v) is 7.16. The Hall–Kier alpha value is -3.09. The highest BCUT2D eigenvalue weighted by atomic mass is 19.2. The summed E-state index contributed by atoms with van der Waals surface area (Å²) in [5.74, 6) is -2.09. The summed E-state index contributed by atoms with van der Waals surface area (Å²) < 4.78 is 31.5. The van der Waals surface area contributed by atoms with Gasteiger partial charge >= 0.3 is 0 Å². The monoisotopic (exact) mass is 329 g/mol. The van der Waals surface area contributed by atoms with Gasteiger partial charge in [0.05, 0.1) is 6.54 Å². The number of hydrogen-bond donors (Lipinski definition) is 1. The fraction of sp³-hybridized carbons (Fsp3) is 0.118. The van der Waals surface area contributed by atoms with Gasteiger partial charge in [0, 0.05) is 11.1 Å². The zero-order chi connectivity index (χ0) is 17.1. The van der Waals surface area contributed by atoms with Crippen LogP contribution in [0.2, 0.25) is 0 Å². The van der Waals surface area contributed by atoms with Gasteiger partial charge < -0.3 is 9.73 Å². The lowest BCUT2D eigenvalue weighted by Crippen LogP contribution is -2.23. The molecule has 0 aliphatic rings. The third-order valence-electron chi connectivity index (χ3n) is 3.42. The smallest absolute Gasteiger partial charge is 0.251 e. The van der Waals surface area contributed by atoms with E-state index in [0.29, 0.717) is 5.89 Å². The maximum absolute atomic E-state index is 13.1. The molecule has 5 nitrogen and oxygen atoms in total. The summed E-state index contributed by atoms with van der Waals surface area (Å²) >= 11 is 0. The van der Waals surface area contributed by atoms with Gasteiger partial charge in [0.25, 0.3) is 5.91 Å². The molecule has 7 heteroatoms. The minimum Gasteiger partial charge on any atom is -0.419 e. The standard InChI is InChI=1S/C17H13F2N3O2/c1-10-4-2-3-5-12(10)17-22-21-15(24-17)9-20-16(23)11-6-7-13(18)14(19)8-11/h2-8H,9H2,1H3,(H,20,23). The highest BCUT2D eigenvalue weighted by Gasteiger charge is 2.13. The normalized spacial score (nSPS) is 10.6. The van der Waals surface area contributed by atoms with Crippen molar-refractivity contribution in [2.75, 3.05) is 0 Å². The number of carbonyl (C=O) groups excluding carboxylic acids is 1. The third kappa shape index (κ3) is 3.29. The number of rotatable bonds is 4. The maximum Gasteiger partial charge on any atom is 0.251 e. The summed E-state index contributed by atoms with van der Waals surface area (Å²) in [7, 11) is 0. The number of nitrogens with one attached hydrogen (secondary N) is 1. The molecule has 1 heterocycles. The molecule has 1 amide bonds. The Balaban J connectivity index is 1.68. The van der Waals surface area contributed by atoms with Crippen LogP contribution in [-0.4, -0.2) is 16.1 Å². The average molecular weight is 329 g/mol. The van der Waals surface area contributed by atoms with Crippen LogP contribution in [0.5, 0.6) is 0 Å². The Kier molecular flexibility index (Phi) is 4.33. The van der Waals surface area contributed by atoms with Crippen LogP contribution < -0.4 is 5.32 Å². The Morgan fingerprint density at radius 2 is 1.92 bits per heavy atom. The number of nitrogens with zero attached hydrogens (tertiary/aromatic N) is 2. The topological polar surface area (TPSA) is 68.0 Å². The minimum atomic E-state index is -1.08. The predicted molar refractivity (Wildman–Crippen MR) is 82.0 cm³/mol. The second kappa shape index (κ2) is 6.57. The van der Waals surface area contributed by atoms with E-state index in [0.717, 1.165) is 23.3 Å². The van der Waals surface area contributed by atoms with Gasteiger partial charge in [0.1, 0.15) is 0 Å². The molecule has 24 heavy (non-hydrogen) atoms. The number of amides is 1. The lowest BCUT2D eigenvalue weighted by molar-refractivity contribution is 0.0947. The van der Waals surface area contributed by atoms with E-state index in [1.807, 2.05) is 31.2 Å². The molecule has 2 aromatic carbocycles. The van der Waals surface area contributed by atoms with E-state index in [2.05, 4.69) is 15.5 Å². The first kappa shape index (κ1) is 15.8. The quantitative estimate of drug-likeness (QED) is 0.798. The first-order chi connectivity index (χ1) is 11.5. The molecule has 0 bridgehead atoms. The number of benzene rings is 2. The van der Waals surface area contributed by atoms with Crippen LogP contribution in [0, 0.1) is 18.6 Å². The maximum atomic E-state index is 13.1. The van der Waals surface area contributed by atoms with E-state index in [-0.39, 0.29) is 18.0 Å². The van der Waals surface area contributed by atoms with E-state index in [1.165, 1.54) is 6.07 Å². The van der Waals surface area contributed by atoms with Crippen molar-refractivity contribution >= 4 is 5.91 Å². The fourth-order valence-corrected chi connectivity index (χ4v) is 2.14. The molecule has 0 atom stereocenters. The van der Waals surface area contributed by atoms with Crippen LogP contribution in [-0.2, 0) is 6.54 Å². The zero-order valence-electron chi connectivity index (χ0n) is 12.7. The molecule has 1 aromatic heterocycles. The number of aryl methyl sites for hydroxylation is 1. The second-order valence-corrected chi connectivity index (χ2v) is 5.13. The molecule has 0 aliphatic heterocycles. The molecule has 1 N–H and O–H groups in total. The van der Waals surface area contributed by atoms with Gasteiger partial charge in [0.2, 0.25) is 11.8 Å². The molecule has 3 aromatic rings. The van der Waals surface area contributed by atoms with Gasteiger partial charge in [-0.15, -0.1) is 10.2 Å². The predicted octanol–water partition coefficient (Wildman–Crippen LogP) is 3.25. The van der Waals surface area contributed by atoms with Crippen LogP contribution in [0.15, 0.2) is 46.9 Å². The van der Waals surface area contributed by atoms with Gasteiger partial charge in [-0.2, -0.15) is 0 Å². The van der Waals surface area contributed by atoms with Gasteiger partial charge in [-0.05, 0) is 36.8 Å². The molecule has 0 saturated carbocycles. The van der Waals surface area contributed by atoms with E-state index in [1.54, 1.807) is 0 Å². The Morgan fingerprint density at radius 3 is 2.67 bits per heavy atom. The van der Waals surface area contributed by atoms with Crippen molar-refractivity contribution < 1.29 is 18.0 Å². The number of halogens is 2. The van der Waals surface area contributed by atoms with Crippen molar-refractivity contribution in [3.05, 3.63) is 71.1 Å². The molecule has 0 spiro atoms. The van der Waals surface area contributed by atoms with Crippen molar-refractivity contribution in [3.8, 4) is 11.5 Å². The lowest BCUT2D eigenvalue weighted by atomic mass is 10.1. The van der Waals surface area contributed by atoms with Gasteiger partial charge in [-0.3, -0.25) is 4.79 Å². The zero-order valence-corrected chi connectivity index (χ0v) is 12.7. The van der Waals surface area contributed by atoms with E-state index < -0.39 is 17.5 Å². The van der Waals surface area contributed by atoms with Crippen molar-refractivity contribution in [2.45, 2.75) is 13.5 Å². The van der Waals surface area contributed by atoms with Crippen LogP contribution in [0.4, 0.5) is 8.78 Å². The molecule has 0 saturated heterocycles. The van der Waals surface area contributed by atoms with Gasteiger partial charge in [-0.1, -0.05) is 18.2 Å². The summed E-state index contributed by atoms with van der Waals surface area (Å²) in [6.45, 7) is 1.90.